The van der Waals surface area contributed by atoms with Crippen LogP contribution < -0.4 is 5.32 Å². The molecule has 0 aliphatic carbocycles. The van der Waals surface area contributed by atoms with E-state index in [9.17, 15) is 9.59 Å². The van der Waals surface area contributed by atoms with Gasteiger partial charge >= 0.3 is 5.97 Å². The van der Waals surface area contributed by atoms with Crippen LogP contribution in [0.4, 0.5) is 0 Å². The molecular formula is C15H17NO4. The van der Waals surface area contributed by atoms with Gasteiger partial charge in [-0.2, -0.15) is 0 Å². The normalized spacial score (nSPS) is 12.1. The zero-order valence-electron chi connectivity index (χ0n) is 11.5. The van der Waals surface area contributed by atoms with Gasteiger partial charge < -0.3 is 14.5 Å². The summed E-state index contributed by atoms with van der Waals surface area (Å²) in [6.45, 7) is 1.81. The Kier molecular flexibility index (Phi) is 4.40. The maximum Gasteiger partial charge on any atom is 0.328 e. The number of methoxy groups -OCH3 is 1. The fraction of sp³-hybridized carbons (Fsp3) is 0.333. The van der Waals surface area contributed by atoms with Gasteiger partial charge in [0.25, 0.3) is 0 Å². The number of benzene rings is 1. The maximum absolute atomic E-state index is 12.0. The lowest BCUT2D eigenvalue weighted by atomic mass is 10.1. The highest BCUT2D eigenvalue weighted by atomic mass is 16.5. The topological polar surface area (TPSA) is 68.5 Å². The molecule has 1 atom stereocenters. The van der Waals surface area contributed by atoms with Gasteiger partial charge in [-0.1, -0.05) is 25.1 Å². The van der Waals surface area contributed by atoms with E-state index < -0.39 is 12.0 Å². The number of para-hydroxylation sites is 1. The molecule has 0 spiro atoms. The first kappa shape index (κ1) is 14.1. The van der Waals surface area contributed by atoms with Crippen molar-refractivity contribution in [1.82, 2.24) is 5.32 Å². The number of carbonyl (C=O) groups excluding carboxylic acids is 2. The maximum atomic E-state index is 12.0. The van der Waals surface area contributed by atoms with Crippen LogP contribution in [0, 0.1) is 0 Å². The zero-order valence-corrected chi connectivity index (χ0v) is 11.5. The number of rotatable bonds is 5. The van der Waals surface area contributed by atoms with Crippen LogP contribution in [0.3, 0.4) is 0 Å². The molecule has 5 nitrogen and oxygen atoms in total. The molecule has 1 amide bonds. The van der Waals surface area contributed by atoms with Gasteiger partial charge in [-0.05, 0) is 12.5 Å². The Morgan fingerprint density at radius 1 is 1.35 bits per heavy atom. The van der Waals surface area contributed by atoms with Crippen molar-refractivity contribution in [2.24, 2.45) is 0 Å². The summed E-state index contributed by atoms with van der Waals surface area (Å²) in [5, 5.41) is 3.58. The molecule has 0 radical (unpaired) electrons. The van der Waals surface area contributed by atoms with E-state index in [1.165, 1.54) is 7.11 Å². The van der Waals surface area contributed by atoms with E-state index in [0.717, 1.165) is 16.5 Å². The van der Waals surface area contributed by atoms with Gasteiger partial charge in [0, 0.05) is 10.9 Å². The highest BCUT2D eigenvalue weighted by Gasteiger charge is 2.20. The molecular weight excluding hydrogens is 258 g/mol. The number of carbonyl (C=O) groups is 2. The Labute approximate surface area is 116 Å². The average Bonchev–Trinajstić information content (AvgIpc) is 2.87. The van der Waals surface area contributed by atoms with E-state index in [0.29, 0.717) is 6.42 Å². The Hall–Kier alpha value is -2.30. The second-order valence-electron chi connectivity index (χ2n) is 4.49. The second-order valence-corrected chi connectivity index (χ2v) is 4.49. The fourth-order valence-electron chi connectivity index (χ4n) is 2.06. The van der Waals surface area contributed by atoms with Crippen molar-refractivity contribution < 1.29 is 18.7 Å². The second kappa shape index (κ2) is 6.23. The molecule has 2 aromatic rings. The van der Waals surface area contributed by atoms with Crippen LogP contribution in [0.1, 0.15) is 18.9 Å². The van der Waals surface area contributed by atoms with E-state index in [2.05, 4.69) is 10.1 Å². The van der Waals surface area contributed by atoms with Crippen LogP contribution in [0.15, 0.2) is 34.9 Å². The Morgan fingerprint density at radius 2 is 2.10 bits per heavy atom. The van der Waals surface area contributed by atoms with Crippen molar-refractivity contribution >= 4 is 22.8 Å². The number of fused-ring (bicyclic) bond motifs is 1. The number of esters is 1. The zero-order chi connectivity index (χ0) is 14.5. The first-order valence-corrected chi connectivity index (χ1v) is 6.48. The van der Waals surface area contributed by atoms with Crippen molar-refractivity contribution in [3.05, 3.63) is 36.1 Å². The van der Waals surface area contributed by atoms with Gasteiger partial charge in [-0.3, -0.25) is 4.79 Å². The van der Waals surface area contributed by atoms with Crippen molar-refractivity contribution in [2.75, 3.05) is 7.11 Å². The predicted octanol–water partition coefficient (Wildman–Crippen LogP) is 2.04. The van der Waals surface area contributed by atoms with E-state index in [1.54, 1.807) is 6.26 Å². The minimum Gasteiger partial charge on any atom is -0.467 e. The van der Waals surface area contributed by atoms with E-state index in [1.807, 2.05) is 31.2 Å². The molecule has 0 bridgehead atoms. The first-order chi connectivity index (χ1) is 9.65. The summed E-state index contributed by atoms with van der Waals surface area (Å²) in [5.41, 5.74) is 1.55. The van der Waals surface area contributed by atoms with Crippen LogP contribution >= 0.6 is 0 Å². The highest BCUT2D eigenvalue weighted by molar-refractivity contribution is 5.89. The molecule has 5 heteroatoms. The van der Waals surface area contributed by atoms with Gasteiger partial charge in [0.2, 0.25) is 5.91 Å². The molecule has 1 heterocycles. The van der Waals surface area contributed by atoms with Crippen LogP contribution in [-0.4, -0.2) is 25.0 Å². The standard InChI is InChI=1S/C15H17NO4/c1-3-12(15(18)19-2)16-14(17)8-10-9-20-13-7-5-4-6-11(10)13/h4-7,9,12H,3,8H2,1-2H3,(H,16,17). The van der Waals surface area contributed by atoms with Crippen molar-refractivity contribution in [3.8, 4) is 0 Å². The number of amides is 1. The summed E-state index contributed by atoms with van der Waals surface area (Å²) in [6, 6.07) is 6.91. The number of nitrogens with one attached hydrogen (secondary N) is 1. The highest BCUT2D eigenvalue weighted by Crippen LogP contribution is 2.20. The molecule has 20 heavy (non-hydrogen) atoms. The third-order valence-electron chi connectivity index (χ3n) is 3.14. The van der Waals surface area contributed by atoms with E-state index in [4.69, 9.17) is 4.42 Å². The molecule has 0 fully saturated rings. The molecule has 0 aliphatic heterocycles. The Bertz CT molecular complexity index is 617. The minimum absolute atomic E-state index is 0.171. The summed E-state index contributed by atoms with van der Waals surface area (Å²) >= 11 is 0. The van der Waals surface area contributed by atoms with Crippen LogP contribution in [0.2, 0.25) is 0 Å². The molecule has 1 unspecified atom stereocenters. The molecule has 1 aromatic carbocycles. The van der Waals surface area contributed by atoms with Gasteiger partial charge in [-0.25, -0.2) is 4.79 Å². The van der Waals surface area contributed by atoms with Gasteiger partial charge in [0.05, 0.1) is 19.8 Å². The lowest BCUT2D eigenvalue weighted by molar-refractivity contribution is -0.145. The van der Waals surface area contributed by atoms with Gasteiger partial charge in [0.15, 0.2) is 0 Å². The number of furan rings is 1. The molecule has 106 valence electrons. The molecule has 0 saturated heterocycles. The number of hydrogen-bond acceptors (Lipinski definition) is 4. The monoisotopic (exact) mass is 275 g/mol. The third kappa shape index (κ3) is 2.99. The molecule has 0 saturated carbocycles. The first-order valence-electron chi connectivity index (χ1n) is 6.48. The number of ether oxygens (including phenoxy) is 1. The largest absolute Gasteiger partial charge is 0.467 e. The number of hydrogen-bond donors (Lipinski definition) is 1. The van der Waals surface area contributed by atoms with Crippen LogP contribution in [-0.2, 0) is 20.7 Å². The van der Waals surface area contributed by atoms with E-state index >= 15 is 0 Å². The van der Waals surface area contributed by atoms with Crippen LogP contribution in [0.25, 0.3) is 11.0 Å². The summed E-state index contributed by atoms with van der Waals surface area (Å²) in [6.07, 6.45) is 2.23. The Morgan fingerprint density at radius 3 is 2.80 bits per heavy atom. The van der Waals surface area contributed by atoms with Gasteiger partial charge in [0.1, 0.15) is 11.6 Å². The van der Waals surface area contributed by atoms with Crippen molar-refractivity contribution in [3.63, 3.8) is 0 Å². The smallest absolute Gasteiger partial charge is 0.328 e. The SMILES string of the molecule is CCC(NC(=O)Cc1coc2ccccc12)C(=O)OC. The molecule has 1 aromatic heterocycles. The molecule has 2 rings (SSSR count). The van der Waals surface area contributed by atoms with Crippen LogP contribution in [0.5, 0.6) is 0 Å². The predicted molar refractivity (Wildman–Crippen MR) is 74.2 cm³/mol. The lowest BCUT2D eigenvalue weighted by Gasteiger charge is -2.14. The fourth-order valence-corrected chi connectivity index (χ4v) is 2.06. The van der Waals surface area contributed by atoms with E-state index in [-0.39, 0.29) is 12.3 Å². The average molecular weight is 275 g/mol. The van der Waals surface area contributed by atoms with Crippen molar-refractivity contribution in [2.45, 2.75) is 25.8 Å². The summed E-state index contributed by atoms with van der Waals surface area (Å²) in [5.74, 6) is -0.660. The lowest BCUT2D eigenvalue weighted by Crippen LogP contribution is -2.41. The third-order valence-corrected chi connectivity index (χ3v) is 3.14. The summed E-state index contributed by atoms with van der Waals surface area (Å²) < 4.78 is 10.0. The molecule has 1 N–H and O–H groups in total. The van der Waals surface area contributed by atoms with Gasteiger partial charge in [-0.15, -0.1) is 0 Å². The summed E-state index contributed by atoms with van der Waals surface area (Å²) in [7, 11) is 1.31. The quantitative estimate of drug-likeness (QED) is 0.848. The van der Waals surface area contributed by atoms with Crippen molar-refractivity contribution in [1.29, 1.82) is 0 Å². The Balaban J connectivity index is 2.06. The minimum atomic E-state index is -0.606. The summed E-state index contributed by atoms with van der Waals surface area (Å²) in [4.78, 5) is 23.4. The molecule has 0 aliphatic rings.